The van der Waals surface area contributed by atoms with Gasteiger partial charge in [-0.1, -0.05) is 0 Å². The number of aromatic nitrogens is 1. The Morgan fingerprint density at radius 2 is 2.36 bits per heavy atom. The summed E-state index contributed by atoms with van der Waals surface area (Å²) in [6.45, 7) is -0.136. The first-order valence-corrected chi connectivity index (χ1v) is 3.84. The number of pyridine rings is 1. The molecule has 0 bridgehead atoms. The molecule has 0 fully saturated rings. The Morgan fingerprint density at radius 1 is 1.57 bits per heavy atom. The standard InChI is InChI=1S/C8H6N2O4/c11-6-3-14-7-4(9-6)1-2-5(10-7)8(12)13/h1-2H,3H2,(H,9,11)(H,12,13). The Labute approximate surface area is 78.5 Å². The molecule has 0 saturated heterocycles. The van der Waals surface area contributed by atoms with E-state index in [1.54, 1.807) is 0 Å². The van der Waals surface area contributed by atoms with Crippen LogP contribution < -0.4 is 10.1 Å². The van der Waals surface area contributed by atoms with Gasteiger partial charge >= 0.3 is 5.97 Å². The molecule has 2 N–H and O–H groups in total. The van der Waals surface area contributed by atoms with Crippen LogP contribution in [0.5, 0.6) is 5.88 Å². The van der Waals surface area contributed by atoms with E-state index in [0.29, 0.717) is 5.69 Å². The first-order valence-electron chi connectivity index (χ1n) is 3.84. The molecule has 1 aromatic heterocycles. The minimum atomic E-state index is -1.13. The number of rotatable bonds is 1. The van der Waals surface area contributed by atoms with Crippen LogP contribution in [0.15, 0.2) is 12.1 Å². The summed E-state index contributed by atoms with van der Waals surface area (Å²) in [4.78, 5) is 25.1. The van der Waals surface area contributed by atoms with Crippen molar-refractivity contribution in [3.8, 4) is 5.88 Å². The third kappa shape index (κ3) is 1.37. The topological polar surface area (TPSA) is 88.5 Å². The van der Waals surface area contributed by atoms with Gasteiger partial charge in [-0.15, -0.1) is 0 Å². The lowest BCUT2D eigenvalue weighted by Gasteiger charge is -2.16. The van der Waals surface area contributed by atoms with Crippen molar-refractivity contribution in [1.29, 1.82) is 0 Å². The highest BCUT2D eigenvalue weighted by molar-refractivity contribution is 5.95. The van der Waals surface area contributed by atoms with Gasteiger partial charge in [0.05, 0.1) is 0 Å². The molecular weight excluding hydrogens is 188 g/mol. The summed E-state index contributed by atoms with van der Waals surface area (Å²) in [5.41, 5.74) is 0.283. The minimum Gasteiger partial charge on any atom is -0.477 e. The third-order valence-electron chi connectivity index (χ3n) is 1.69. The second kappa shape index (κ2) is 2.99. The van der Waals surface area contributed by atoms with Gasteiger partial charge in [0.2, 0.25) is 5.88 Å². The van der Waals surface area contributed by atoms with Gasteiger partial charge in [-0.2, -0.15) is 0 Å². The van der Waals surface area contributed by atoms with Crippen molar-refractivity contribution in [1.82, 2.24) is 4.98 Å². The molecule has 2 heterocycles. The van der Waals surface area contributed by atoms with Gasteiger partial charge in [-0.3, -0.25) is 4.79 Å². The van der Waals surface area contributed by atoms with Gasteiger partial charge in [0.1, 0.15) is 5.69 Å². The summed E-state index contributed by atoms with van der Waals surface area (Å²) in [6.07, 6.45) is 0. The van der Waals surface area contributed by atoms with Gasteiger partial charge < -0.3 is 15.2 Å². The van der Waals surface area contributed by atoms with Crippen LogP contribution in [0.2, 0.25) is 0 Å². The Morgan fingerprint density at radius 3 is 3.07 bits per heavy atom. The van der Waals surface area contributed by atoms with E-state index in [-0.39, 0.29) is 24.1 Å². The first kappa shape index (κ1) is 8.49. The molecule has 0 aromatic carbocycles. The lowest BCUT2D eigenvalue weighted by Crippen LogP contribution is -2.26. The fourth-order valence-electron chi connectivity index (χ4n) is 1.08. The van der Waals surface area contributed by atoms with E-state index in [2.05, 4.69) is 10.3 Å². The number of amides is 1. The molecule has 1 aliphatic rings. The number of aromatic carboxylic acids is 1. The minimum absolute atomic E-state index is 0.111. The number of carboxylic acids is 1. The van der Waals surface area contributed by atoms with Crippen LogP contribution in [0.3, 0.4) is 0 Å². The summed E-state index contributed by atoms with van der Waals surface area (Å²) < 4.78 is 4.94. The third-order valence-corrected chi connectivity index (χ3v) is 1.69. The van der Waals surface area contributed by atoms with Crippen LogP contribution in [-0.2, 0) is 4.79 Å². The summed E-state index contributed by atoms with van der Waals surface area (Å²) in [5, 5.41) is 11.1. The molecule has 0 spiro atoms. The monoisotopic (exact) mass is 194 g/mol. The van der Waals surface area contributed by atoms with Crippen LogP contribution in [-0.4, -0.2) is 28.6 Å². The lowest BCUT2D eigenvalue weighted by molar-refractivity contribution is -0.118. The van der Waals surface area contributed by atoms with Crippen molar-refractivity contribution < 1.29 is 19.4 Å². The number of fused-ring (bicyclic) bond motifs is 1. The van der Waals surface area contributed by atoms with Crippen LogP contribution in [0.4, 0.5) is 5.69 Å². The van der Waals surface area contributed by atoms with Crippen LogP contribution in [0, 0.1) is 0 Å². The Kier molecular flexibility index (Phi) is 1.81. The van der Waals surface area contributed by atoms with E-state index in [1.165, 1.54) is 12.1 Å². The lowest BCUT2D eigenvalue weighted by atomic mass is 10.3. The zero-order chi connectivity index (χ0) is 10.1. The molecule has 1 amide bonds. The average Bonchev–Trinajstić information content (AvgIpc) is 2.16. The zero-order valence-corrected chi connectivity index (χ0v) is 6.98. The van der Waals surface area contributed by atoms with Crippen molar-refractivity contribution in [3.05, 3.63) is 17.8 Å². The van der Waals surface area contributed by atoms with Gasteiger partial charge in [0, 0.05) is 0 Å². The molecule has 14 heavy (non-hydrogen) atoms. The molecule has 0 unspecified atom stereocenters. The molecule has 1 aromatic rings. The fraction of sp³-hybridized carbons (Fsp3) is 0.125. The molecule has 2 rings (SSSR count). The van der Waals surface area contributed by atoms with Crippen molar-refractivity contribution in [3.63, 3.8) is 0 Å². The number of nitrogens with zero attached hydrogens (tertiary/aromatic N) is 1. The highest BCUT2D eigenvalue weighted by Gasteiger charge is 2.18. The molecule has 6 nitrogen and oxygen atoms in total. The summed E-state index contributed by atoms with van der Waals surface area (Å²) in [6, 6.07) is 2.75. The zero-order valence-electron chi connectivity index (χ0n) is 6.98. The number of hydrogen-bond acceptors (Lipinski definition) is 4. The summed E-state index contributed by atoms with van der Waals surface area (Å²) in [5.74, 6) is -1.26. The molecule has 0 aliphatic carbocycles. The van der Waals surface area contributed by atoms with Crippen LogP contribution >= 0.6 is 0 Å². The molecular formula is C8H6N2O4. The maximum absolute atomic E-state index is 10.9. The SMILES string of the molecule is O=C1COc2nc(C(=O)O)ccc2N1. The number of hydrogen-bond donors (Lipinski definition) is 2. The Hall–Kier alpha value is -2.11. The van der Waals surface area contributed by atoms with E-state index >= 15 is 0 Å². The second-order valence-electron chi connectivity index (χ2n) is 2.69. The van der Waals surface area contributed by atoms with E-state index in [1.807, 2.05) is 0 Å². The van der Waals surface area contributed by atoms with E-state index in [4.69, 9.17) is 9.84 Å². The molecule has 72 valence electrons. The van der Waals surface area contributed by atoms with E-state index < -0.39 is 5.97 Å². The van der Waals surface area contributed by atoms with Gasteiger partial charge in [0.15, 0.2) is 12.3 Å². The first-order chi connectivity index (χ1) is 6.66. The number of ether oxygens (including phenoxy) is 1. The maximum atomic E-state index is 10.9. The quantitative estimate of drug-likeness (QED) is 0.662. The number of nitrogens with one attached hydrogen (secondary N) is 1. The number of carbonyl (C=O) groups excluding carboxylic acids is 1. The van der Waals surface area contributed by atoms with Gasteiger partial charge in [-0.25, -0.2) is 9.78 Å². The van der Waals surface area contributed by atoms with Crippen molar-refractivity contribution >= 4 is 17.6 Å². The smallest absolute Gasteiger partial charge is 0.354 e. The molecule has 1 aliphatic heterocycles. The van der Waals surface area contributed by atoms with Gasteiger partial charge in [0.25, 0.3) is 5.91 Å². The van der Waals surface area contributed by atoms with Crippen LogP contribution in [0.25, 0.3) is 0 Å². The number of carboxylic acid groups (broad SMARTS) is 1. The second-order valence-corrected chi connectivity index (χ2v) is 2.69. The van der Waals surface area contributed by atoms with Crippen molar-refractivity contribution in [2.75, 3.05) is 11.9 Å². The van der Waals surface area contributed by atoms with Crippen molar-refractivity contribution in [2.24, 2.45) is 0 Å². The summed E-state index contributed by atoms with van der Waals surface area (Å²) in [7, 11) is 0. The van der Waals surface area contributed by atoms with E-state index in [9.17, 15) is 9.59 Å². The molecule has 6 heteroatoms. The highest BCUT2D eigenvalue weighted by atomic mass is 16.5. The Bertz CT molecular complexity index is 416. The van der Waals surface area contributed by atoms with E-state index in [0.717, 1.165) is 0 Å². The number of anilines is 1. The number of carbonyl (C=O) groups is 2. The predicted molar refractivity (Wildman–Crippen MR) is 45.3 cm³/mol. The predicted octanol–water partition coefficient (Wildman–Crippen LogP) is 0.111. The Balaban J connectivity index is 2.41. The van der Waals surface area contributed by atoms with Gasteiger partial charge in [-0.05, 0) is 12.1 Å². The van der Waals surface area contributed by atoms with Crippen molar-refractivity contribution in [2.45, 2.75) is 0 Å². The maximum Gasteiger partial charge on any atom is 0.354 e. The molecule has 0 atom stereocenters. The summed E-state index contributed by atoms with van der Waals surface area (Å²) >= 11 is 0. The molecule has 0 radical (unpaired) electrons. The largest absolute Gasteiger partial charge is 0.477 e. The molecule has 0 saturated carbocycles. The normalized spacial score (nSPS) is 13.9. The van der Waals surface area contributed by atoms with Crippen LogP contribution in [0.1, 0.15) is 10.5 Å². The average molecular weight is 194 g/mol. The fourth-order valence-corrected chi connectivity index (χ4v) is 1.08. The highest BCUT2D eigenvalue weighted by Crippen LogP contribution is 2.24.